The minimum atomic E-state index is -6.09. The first-order valence-corrected chi connectivity index (χ1v) is 7.93. The van der Waals surface area contributed by atoms with Crippen molar-refractivity contribution in [1.82, 2.24) is 4.57 Å². The fourth-order valence-corrected chi connectivity index (χ4v) is 2.20. The van der Waals surface area contributed by atoms with Crippen LogP contribution in [-0.4, -0.2) is 23.0 Å². The Bertz CT molecular complexity index is 811. The average Bonchev–Trinajstić information content (AvgIpc) is 2.60. The predicted octanol–water partition coefficient (Wildman–Crippen LogP) is 2.73. The molecule has 0 aliphatic carbocycles. The molecule has 0 spiro atoms. The van der Waals surface area contributed by atoms with Crippen LogP contribution >= 0.6 is 15.9 Å². The largest absolute Gasteiger partial charge is 0.741 e. The van der Waals surface area contributed by atoms with Gasteiger partial charge < -0.3 is 4.55 Å². The van der Waals surface area contributed by atoms with E-state index in [9.17, 15) is 22.0 Å². The molecular weight excluding hydrogens is 415 g/mol. The second-order valence-electron chi connectivity index (χ2n) is 4.30. The number of aryl methyl sites for hydroxylation is 1. The van der Waals surface area contributed by atoms with Gasteiger partial charge in [-0.25, -0.2) is 13.0 Å². The van der Waals surface area contributed by atoms with Crippen molar-refractivity contribution in [2.45, 2.75) is 17.4 Å². The van der Waals surface area contributed by atoms with Crippen molar-refractivity contribution < 1.29 is 39.5 Å². The third kappa shape index (κ3) is 4.38. The Labute approximate surface area is 136 Å². The number of fused-ring (bicyclic) bond motifs is 1. The van der Waals surface area contributed by atoms with Crippen LogP contribution in [0.3, 0.4) is 0 Å². The smallest absolute Gasteiger partial charge is 0.485 e. The van der Waals surface area contributed by atoms with Gasteiger partial charge in [-0.05, 0) is 12.1 Å². The summed E-state index contributed by atoms with van der Waals surface area (Å²) in [6.45, 7) is 1.66. The maximum Gasteiger partial charge on any atom is 0.485 e. The lowest BCUT2D eigenvalue weighted by Crippen LogP contribution is -2.32. The van der Waals surface area contributed by atoms with E-state index >= 15 is 0 Å². The standard InChI is InChI=1S/C10H10BrF2N2.CHF3O3S/c1-7-14(2)8-5-3-4-6-9(8)15(7)10(11,12)13;2-1(3,4)8(5,6)7/h3-6H,1-2H3;(H,5,6,7)/q+1;/p-1. The zero-order chi connectivity index (χ0) is 18.2. The highest BCUT2D eigenvalue weighted by Crippen LogP contribution is 2.32. The molecule has 0 aliphatic rings. The number of halogens is 6. The fraction of sp³-hybridized carbons (Fsp3) is 0.364. The van der Waals surface area contributed by atoms with E-state index in [-0.39, 0.29) is 0 Å². The van der Waals surface area contributed by atoms with E-state index in [1.807, 2.05) is 12.1 Å². The number of alkyl halides is 6. The van der Waals surface area contributed by atoms with Gasteiger partial charge in [0.15, 0.2) is 21.2 Å². The summed E-state index contributed by atoms with van der Waals surface area (Å²) < 4.78 is 88.3. The maximum absolute atomic E-state index is 13.3. The van der Waals surface area contributed by atoms with E-state index in [0.29, 0.717) is 11.3 Å². The molecule has 0 amide bonds. The minimum absolute atomic E-state index is 0.498. The molecule has 0 aliphatic heterocycles. The molecule has 130 valence electrons. The summed E-state index contributed by atoms with van der Waals surface area (Å²) >= 11 is 2.39. The van der Waals surface area contributed by atoms with Crippen molar-refractivity contribution in [3.8, 4) is 0 Å². The highest BCUT2D eigenvalue weighted by Gasteiger charge is 2.39. The zero-order valence-corrected chi connectivity index (χ0v) is 14.0. The molecule has 0 bridgehead atoms. The molecule has 2 rings (SSSR count). The first kappa shape index (κ1) is 19.8. The van der Waals surface area contributed by atoms with Crippen LogP contribution in [0, 0.1) is 6.92 Å². The Morgan fingerprint density at radius 3 is 2.00 bits per heavy atom. The van der Waals surface area contributed by atoms with Gasteiger partial charge >= 0.3 is 10.5 Å². The third-order valence-corrected chi connectivity index (χ3v) is 3.75. The molecular formula is C11H10BrF5N2O3S. The molecule has 0 saturated heterocycles. The molecule has 0 radical (unpaired) electrons. The summed E-state index contributed by atoms with van der Waals surface area (Å²) in [7, 11) is -4.32. The minimum Gasteiger partial charge on any atom is -0.741 e. The molecule has 12 heteroatoms. The highest BCUT2D eigenvalue weighted by atomic mass is 79.9. The number of imidazole rings is 1. The van der Waals surface area contributed by atoms with Crippen molar-refractivity contribution in [2.75, 3.05) is 0 Å². The van der Waals surface area contributed by atoms with Gasteiger partial charge in [-0.15, -0.1) is 8.78 Å². The van der Waals surface area contributed by atoms with E-state index in [4.69, 9.17) is 13.0 Å². The fourth-order valence-electron chi connectivity index (χ4n) is 1.76. The van der Waals surface area contributed by atoms with E-state index < -0.39 is 20.6 Å². The van der Waals surface area contributed by atoms with E-state index in [0.717, 1.165) is 10.1 Å². The van der Waals surface area contributed by atoms with Crippen LogP contribution in [0.1, 0.15) is 5.82 Å². The van der Waals surface area contributed by atoms with Gasteiger partial charge in [0.25, 0.3) is 5.82 Å². The maximum atomic E-state index is 13.3. The van der Waals surface area contributed by atoms with E-state index in [1.54, 1.807) is 30.7 Å². The third-order valence-electron chi connectivity index (χ3n) is 2.83. The molecule has 0 fully saturated rings. The van der Waals surface area contributed by atoms with Crippen molar-refractivity contribution in [3.63, 3.8) is 0 Å². The highest BCUT2D eigenvalue weighted by molar-refractivity contribution is 9.09. The summed E-state index contributed by atoms with van der Waals surface area (Å²) in [5, 5.41) is 0. The van der Waals surface area contributed by atoms with Gasteiger partial charge in [-0.1, -0.05) is 12.1 Å². The Morgan fingerprint density at radius 1 is 1.17 bits per heavy atom. The van der Waals surface area contributed by atoms with Gasteiger partial charge in [-0.3, -0.25) is 0 Å². The van der Waals surface area contributed by atoms with Crippen LogP contribution in [0.2, 0.25) is 0 Å². The molecule has 5 nitrogen and oxygen atoms in total. The summed E-state index contributed by atoms with van der Waals surface area (Å²) in [5.74, 6) is 0.498. The van der Waals surface area contributed by atoms with Crippen LogP contribution in [0.25, 0.3) is 11.0 Å². The zero-order valence-electron chi connectivity index (χ0n) is 11.6. The summed E-state index contributed by atoms with van der Waals surface area (Å²) in [5.41, 5.74) is -4.35. The van der Waals surface area contributed by atoms with Crippen molar-refractivity contribution >= 4 is 37.1 Å². The van der Waals surface area contributed by atoms with Gasteiger partial charge in [0.2, 0.25) is 0 Å². The second kappa shape index (κ2) is 6.32. The van der Waals surface area contributed by atoms with Crippen LogP contribution < -0.4 is 4.57 Å². The SMILES string of the molecule is Cc1n(C(F)(F)Br)c2ccccc2[n+]1C.O=S(=O)([O-])C(F)(F)F. The summed E-state index contributed by atoms with van der Waals surface area (Å²) in [6.07, 6.45) is 0. The number of nitrogens with zero attached hydrogens (tertiary/aromatic N) is 2. The molecule has 1 aromatic heterocycles. The molecule has 1 aromatic carbocycles. The Balaban J connectivity index is 0.000000284. The normalized spacial score (nSPS) is 12.9. The van der Waals surface area contributed by atoms with Crippen molar-refractivity contribution in [2.24, 2.45) is 7.05 Å². The molecule has 0 atom stereocenters. The number of hydrogen-bond donors (Lipinski definition) is 0. The van der Waals surface area contributed by atoms with Crippen LogP contribution in [0.5, 0.6) is 0 Å². The number of para-hydroxylation sites is 2. The molecule has 23 heavy (non-hydrogen) atoms. The molecule has 1 heterocycles. The Kier molecular flexibility index (Phi) is 5.43. The lowest BCUT2D eigenvalue weighted by Gasteiger charge is -2.08. The number of benzene rings is 1. The number of hydrogen-bond acceptors (Lipinski definition) is 3. The Hall–Kier alpha value is -1.27. The van der Waals surface area contributed by atoms with Gasteiger partial charge in [0.05, 0.1) is 7.05 Å². The Morgan fingerprint density at radius 2 is 1.61 bits per heavy atom. The lowest BCUT2D eigenvalue weighted by molar-refractivity contribution is -0.653. The van der Waals surface area contributed by atoms with Crippen LogP contribution in [0.4, 0.5) is 22.0 Å². The average molecular weight is 425 g/mol. The topological polar surface area (TPSA) is 66.0 Å². The van der Waals surface area contributed by atoms with Gasteiger partial charge in [-0.2, -0.15) is 17.7 Å². The molecule has 0 saturated carbocycles. The summed E-state index contributed by atoms with van der Waals surface area (Å²) in [4.78, 5) is -3.06. The van der Waals surface area contributed by atoms with Gasteiger partial charge in [0, 0.05) is 22.9 Å². The number of aromatic nitrogens is 2. The predicted molar refractivity (Wildman–Crippen MR) is 72.7 cm³/mol. The van der Waals surface area contributed by atoms with Crippen molar-refractivity contribution in [3.05, 3.63) is 30.1 Å². The monoisotopic (exact) mass is 424 g/mol. The van der Waals surface area contributed by atoms with Crippen molar-refractivity contribution in [1.29, 1.82) is 0 Å². The van der Waals surface area contributed by atoms with E-state index in [2.05, 4.69) is 15.9 Å². The lowest BCUT2D eigenvalue weighted by atomic mass is 10.3. The van der Waals surface area contributed by atoms with Crippen LogP contribution in [0.15, 0.2) is 24.3 Å². The van der Waals surface area contributed by atoms with Crippen LogP contribution in [-0.2, 0) is 22.1 Å². The summed E-state index contributed by atoms with van der Waals surface area (Å²) in [6, 6.07) is 7.07. The number of rotatable bonds is 1. The second-order valence-corrected chi connectivity index (χ2v) is 6.62. The molecule has 0 N–H and O–H groups in total. The quantitative estimate of drug-likeness (QED) is 0.232. The molecule has 2 aromatic rings. The first-order chi connectivity index (χ1) is 10.2. The van der Waals surface area contributed by atoms with E-state index in [1.165, 1.54) is 0 Å². The molecule has 0 unspecified atom stereocenters. The van der Waals surface area contributed by atoms with Gasteiger partial charge in [0.1, 0.15) is 0 Å². The first-order valence-electron chi connectivity index (χ1n) is 5.73.